The molecule has 0 aliphatic rings. The van der Waals surface area contributed by atoms with Gasteiger partial charge in [-0.25, -0.2) is 0 Å². The minimum atomic E-state index is 0.811. The van der Waals surface area contributed by atoms with Gasteiger partial charge in [-0.1, -0.05) is 39.5 Å². The van der Waals surface area contributed by atoms with Crippen LogP contribution in [0.15, 0.2) is 0 Å². The van der Waals surface area contributed by atoms with Crippen LogP contribution in [0.25, 0.3) is 0 Å². The van der Waals surface area contributed by atoms with E-state index in [9.17, 15) is 0 Å². The van der Waals surface area contributed by atoms with Crippen LogP contribution in [-0.4, -0.2) is 38.6 Å². The molecule has 0 saturated heterocycles. The zero-order chi connectivity index (χ0) is 11.5. The number of unbranched alkanes of at least 4 members (excludes halogenated alkanes) is 3. The first kappa shape index (κ1) is 14.9. The molecule has 0 aromatic rings. The largest absolute Gasteiger partial charge is 0.316 e. The molecule has 0 spiro atoms. The summed E-state index contributed by atoms with van der Waals surface area (Å²) in [4.78, 5) is 2.28. The zero-order valence-corrected chi connectivity index (χ0v) is 11.2. The van der Waals surface area contributed by atoms with Crippen LogP contribution in [0.2, 0.25) is 0 Å². The Balaban J connectivity index is 3.30. The maximum Gasteiger partial charge on any atom is 0.00156 e. The summed E-state index contributed by atoms with van der Waals surface area (Å²) in [5.74, 6) is 0.811. The molecule has 1 unspecified atom stereocenters. The van der Waals surface area contributed by atoms with E-state index in [4.69, 9.17) is 0 Å². The summed E-state index contributed by atoms with van der Waals surface area (Å²) in [6.07, 6.45) is 6.72. The Morgan fingerprint density at radius 3 is 2.33 bits per heavy atom. The van der Waals surface area contributed by atoms with Crippen molar-refractivity contribution in [3.8, 4) is 0 Å². The summed E-state index contributed by atoms with van der Waals surface area (Å²) in [6.45, 7) is 8.13. The van der Waals surface area contributed by atoms with E-state index in [2.05, 4.69) is 38.2 Å². The lowest BCUT2D eigenvalue weighted by molar-refractivity contribution is 0.308. The smallest absolute Gasteiger partial charge is 0.00156 e. The SMILES string of the molecule is CCCCCCNCC(CC)CN(C)C. The topological polar surface area (TPSA) is 15.3 Å². The molecule has 0 aliphatic carbocycles. The van der Waals surface area contributed by atoms with Crippen LogP contribution in [-0.2, 0) is 0 Å². The zero-order valence-electron chi connectivity index (χ0n) is 11.2. The minimum absolute atomic E-state index is 0.811. The Labute approximate surface area is 96.4 Å². The highest BCUT2D eigenvalue weighted by molar-refractivity contribution is 4.63. The Kier molecular flexibility index (Phi) is 10.4. The summed E-state index contributed by atoms with van der Waals surface area (Å²) in [6, 6.07) is 0. The molecule has 0 radical (unpaired) electrons. The van der Waals surface area contributed by atoms with Crippen LogP contribution < -0.4 is 5.32 Å². The van der Waals surface area contributed by atoms with E-state index in [0.29, 0.717) is 0 Å². The molecule has 2 nitrogen and oxygen atoms in total. The van der Waals surface area contributed by atoms with Gasteiger partial charge in [0.25, 0.3) is 0 Å². The van der Waals surface area contributed by atoms with Crippen LogP contribution in [0.3, 0.4) is 0 Å². The molecule has 0 aromatic carbocycles. The van der Waals surface area contributed by atoms with E-state index < -0.39 is 0 Å². The second-order valence-electron chi connectivity index (χ2n) is 4.80. The average Bonchev–Trinajstić information content (AvgIpc) is 2.20. The van der Waals surface area contributed by atoms with Gasteiger partial charge in [0.15, 0.2) is 0 Å². The first-order chi connectivity index (χ1) is 7.20. The second-order valence-corrected chi connectivity index (χ2v) is 4.80. The van der Waals surface area contributed by atoms with Crippen molar-refractivity contribution >= 4 is 0 Å². The number of hydrogen-bond acceptors (Lipinski definition) is 2. The highest BCUT2D eigenvalue weighted by atomic mass is 15.1. The summed E-state index contributed by atoms with van der Waals surface area (Å²) >= 11 is 0. The molecular weight excluding hydrogens is 184 g/mol. The molecule has 1 atom stereocenters. The summed E-state index contributed by atoms with van der Waals surface area (Å²) in [5, 5.41) is 3.57. The Morgan fingerprint density at radius 1 is 1.07 bits per heavy atom. The van der Waals surface area contributed by atoms with Crippen LogP contribution in [0, 0.1) is 5.92 Å². The van der Waals surface area contributed by atoms with Gasteiger partial charge in [0.1, 0.15) is 0 Å². The van der Waals surface area contributed by atoms with Gasteiger partial charge in [-0.3, -0.25) is 0 Å². The molecule has 1 N–H and O–H groups in total. The van der Waals surface area contributed by atoms with Crippen LogP contribution >= 0.6 is 0 Å². The van der Waals surface area contributed by atoms with Gasteiger partial charge in [0.2, 0.25) is 0 Å². The fraction of sp³-hybridized carbons (Fsp3) is 1.00. The predicted molar refractivity (Wildman–Crippen MR) is 69.3 cm³/mol. The van der Waals surface area contributed by atoms with Gasteiger partial charge in [-0.05, 0) is 39.5 Å². The van der Waals surface area contributed by atoms with Gasteiger partial charge >= 0.3 is 0 Å². The third-order valence-electron chi connectivity index (χ3n) is 2.84. The molecule has 0 fully saturated rings. The van der Waals surface area contributed by atoms with Crippen LogP contribution in [0.1, 0.15) is 46.0 Å². The molecule has 15 heavy (non-hydrogen) atoms. The number of nitrogens with one attached hydrogen (secondary N) is 1. The molecule has 92 valence electrons. The van der Waals surface area contributed by atoms with Crippen molar-refractivity contribution in [1.82, 2.24) is 10.2 Å². The molecule has 0 aliphatic heterocycles. The summed E-state index contributed by atoms with van der Waals surface area (Å²) in [7, 11) is 4.31. The number of nitrogens with zero attached hydrogens (tertiary/aromatic N) is 1. The molecule has 0 heterocycles. The molecule has 0 bridgehead atoms. The van der Waals surface area contributed by atoms with E-state index in [-0.39, 0.29) is 0 Å². The van der Waals surface area contributed by atoms with E-state index >= 15 is 0 Å². The van der Waals surface area contributed by atoms with Crippen molar-refractivity contribution in [2.24, 2.45) is 5.92 Å². The van der Waals surface area contributed by atoms with Crippen molar-refractivity contribution in [3.63, 3.8) is 0 Å². The van der Waals surface area contributed by atoms with Gasteiger partial charge in [-0.15, -0.1) is 0 Å². The van der Waals surface area contributed by atoms with Crippen molar-refractivity contribution in [3.05, 3.63) is 0 Å². The number of rotatable bonds is 10. The van der Waals surface area contributed by atoms with Gasteiger partial charge in [0, 0.05) is 6.54 Å². The van der Waals surface area contributed by atoms with Crippen LogP contribution in [0.5, 0.6) is 0 Å². The quantitative estimate of drug-likeness (QED) is 0.563. The van der Waals surface area contributed by atoms with Gasteiger partial charge in [0.05, 0.1) is 0 Å². The first-order valence-corrected chi connectivity index (χ1v) is 6.56. The lowest BCUT2D eigenvalue weighted by atomic mass is 10.1. The third kappa shape index (κ3) is 10.2. The van der Waals surface area contributed by atoms with E-state index in [1.807, 2.05) is 0 Å². The van der Waals surface area contributed by atoms with E-state index in [1.54, 1.807) is 0 Å². The Hall–Kier alpha value is -0.0800. The number of hydrogen-bond donors (Lipinski definition) is 1. The molecule has 2 heteroatoms. The highest BCUT2D eigenvalue weighted by Crippen LogP contribution is 2.02. The Morgan fingerprint density at radius 2 is 1.80 bits per heavy atom. The lowest BCUT2D eigenvalue weighted by Crippen LogP contribution is -2.30. The van der Waals surface area contributed by atoms with Crippen LogP contribution in [0.4, 0.5) is 0 Å². The highest BCUT2D eigenvalue weighted by Gasteiger charge is 2.06. The monoisotopic (exact) mass is 214 g/mol. The summed E-state index contributed by atoms with van der Waals surface area (Å²) < 4.78 is 0. The minimum Gasteiger partial charge on any atom is -0.316 e. The molecule has 0 aromatic heterocycles. The standard InChI is InChI=1S/C13H30N2/c1-5-7-8-9-10-14-11-13(6-2)12-15(3)4/h13-14H,5-12H2,1-4H3. The lowest BCUT2D eigenvalue weighted by Gasteiger charge is -2.19. The average molecular weight is 214 g/mol. The fourth-order valence-corrected chi connectivity index (χ4v) is 1.84. The molecular formula is C13H30N2. The van der Waals surface area contributed by atoms with Crippen molar-refractivity contribution in [2.75, 3.05) is 33.7 Å². The van der Waals surface area contributed by atoms with Crippen molar-refractivity contribution in [1.29, 1.82) is 0 Å². The third-order valence-corrected chi connectivity index (χ3v) is 2.84. The van der Waals surface area contributed by atoms with Crippen molar-refractivity contribution < 1.29 is 0 Å². The van der Waals surface area contributed by atoms with Gasteiger partial charge in [-0.2, -0.15) is 0 Å². The normalized spacial score (nSPS) is 13.4. The first-order valence-electron chi connectivity index (χ1n) is 6.56. The van der Waals surface area contributed by atoms with Crippen molar-refractivity contribution in [2.45, 2.75) is 46.0 Å². The fourth-order valence-electron chi connectivity index (χ4n) is 1.84. The second kappa shape index (κ2) is 10.4. The molecule has 0 rings (SSSR count). The molecule has 0 saturated carbocycles. The van der Waals surface area contributed by atoms with E-state index in [1.165, 1.54) is 51.7 Å². The van der Waals surface area contributed by atoms with E-state index in [0.717, 1.165) is 5.92 Å². The maximum absolute atomic E-state index is 3.57. The van der Waals surface area contributed by atoms with Gasteiger partial charge < -0.3 is 10.2 Å². The molecule has 0 amide bonds. The summed E-state index contributed by atoms with van der Waals surface area (Å²) in [5.41, 5.74) is 0. The maximum atomic E-state index is 3.57. The Bertz CT molecular complexity index is 124. The predicted octanol–water partition coefficient (Wildman–Crippen LogP) is 2.74.